The van der Waals surface area contributed by atoms with Crippen LogP contribution in [0.2, 0.25) is 0 Å². The molecule has 78 valence electrons. The van der Waals surface area contributed by atoms with Gasteiger partial charge >= 0.3 is 5.97 Å². The van der Waals surface area contributed by atoms with Gasteiger partial charge in [-0.15, -0.1) is 0 Å². The number of ketones is 1. The second-order valence-electron chi connectivity index (χ2n) is 3.50. The summed E-state index contributed by atoms with van der Waals surface area (Å²) in [5.41, 5.74) is -0.921. The molecule has 0 aliphatic carbocycles. The van der Waals surface area contributed by atoms with E-state index in [-0.39, 0.29) is 0 Å². The van der Waals surface area contributed by atoms with E-state index < -0.39 is 29.1 Å². The average molecular weight is 199 g/mol. The molecular weight excluding hydrogens is 186 g/mol. The Balaban J connectivity index is 2.97. The van der Waals surface area contributed by atoms with Crippen LogP contribution >= 0.6 is 0 Å². The number of hydrogen-bond donors (Lipinski definition) is 1. The van der Waals surface area contributed by atoms with Gasteiger partial charge in [-0.3, -0.25) is 14.4 Å². The van der Waals surface area contributed by atoms with Crippen LogP contribution in [0, 0.1) is 5.92 Å². The Hall–Kier alpha value is -1.39. The molecule has 1 saturated heterocycles. The Morgan fingerprint density at radius 2 is 2.14 bits per heavy atom. The van der Waals surface area contributed by atoms with Crippen molar-refractivity contribution in [3.8, 4) is 0 Å². The lowest BCUT2D eigenvalue weighted by molar-refractivity contribution is -0.151. The second-order valence-corrected chi connectivity index (χ2v) is 3.50. The third-order valence-electron chi connectivity index (χ3n) is 2.61. The van der Waals surface area contributed by atoms with Crippen LogP contribution in [0.3, 0.4) is 0 Å². The van der Waals surface area contributed by atoms with E-state index in [1.807, 2.05) is 0 Å². The van der Waals surface area contributed by atoms with Gasteiger partial charge in [0.25, 0.3) is 0 Å². The zero-order chi connectivity index (χ0) is 10.9. The maximum atomic E-state index is 11.7. The first-order valence-electron chi connectivity index (χ1n) is 4.40. The minimum atomic E-state index is -1.29. The molecule has 2 unspecified atom stereocenters. The third kappa shape index (κ3) is 1.38. The minimum Gasteiger partial charge on any atom is -0.468 e. The highest BCUT2D eigenvalue weighted by Gasteiger charge is 2.52. The molecule has 5 heteroatoms. The van der Waals surface area contributed by atoms with Gasteiger partial charge in [0.1, 0.15) is 0 Å². The highest BCUT2D eigenvalue weighted by atomic mass is 16.5. The zero-order valence-electron chi connectivity index (χ0n) is 8.42. The van der Waals surface area contributed by atoms with Crippen LogP contribution < -0.4 is 5.32 Å². The molecule has 0 aromatic rings. The summed E-state index contributed by atoms with van der Waals surface area (Å²) in [5, 5.41) is 2.51. The van der Waals surface area contributed by atoms with Gasteiger partial charge in [-0.05, 0) is 13.3 Å². The van der Waals surface area contributed by atoms with Crippen LogP contribution in [-0.2, 0) is 19.1 Å². The standard InChI is InChI=1S/C9H13NO4/c1-4-9(2)6(11)5(7(12)10-9)8(13)14-3/h5H,4H2,1-3H3,(H,10,12). The molecule has 1 aliphatic rings. The van der Waals surface area contributed by atoms with Gasteiger partial charge in [-0.1, -0.05) is 6.92 Å². The van der Waals surface area contributed by atoms with Crippen molar-refractivity contribution in [3.63, 3.8) is 0 Å². The van der Waals surface area contributed by atoms with E-state index in [0.29, 0.717) is 6.42 Å². The fourth-order valence-electron chi connectivity index (χ4n) is 1.44. The van der Waals surface area contributed by atoms with Crippen LogP contribution in [0.25, 0.3) is 0 Å². The maximum absolute atomic E-state index is 11.7. The van der Waals surface area contributed by atoms with E-state index in [0.717, 1.165) is 7.11 Å². The minimum absolute atomic E-state index is 0.406. The average Bonchev–Trinajstić information content (AvgIpc) is 2.38. The predicted molar refractivity (Wildman–Crippen MR) is 47.4 cm³/mol. The van der Waals surface area contributed by atoms with Crippen molar-refractivity contribution in [2.75, 3.05) is 7.11 Å². The second kappa shape index (κ2) is 3.40. The van der Waals surface area contributed by atoms with Gasteiger partial charge in [0.05, 0.1) is 12.6 Å². The summed E-state index contributed by atoms with van der Waals surface area (Å²) in [6.45, 7) is 3.38. The first-order chi connectivity index (χ1) is 6.46. The van der Waals surface area contributed by atoms with Gasteiger partial charge in [0.2, 0.25) is 5.91 Å². The number of ether oxygens (including phenoxy) is 1. The number of esters is 1. The molecule has 5 nitrogen and oxygen atoms in total. The number of hydrogen-bond acceptors (Lipinski definition) is 4. The van der Waals surface area contributed by atoms with Crippen LogP contribution in [0.15, 0.2) is 0 Å². The topological polar surface area (TPSA) is 72.5 Å². The number of amides is 1. The van der Waals surface area contributed by atoms with Crippen molar-refractivity contribution < 1.29 is 19.1 Å². The Kier molecular flexibility index (Phi) is 2.59. The lowest BCUT2D eigenvalue weighted by atomic mass is 9.90. The summed E-state index contributed by atoms with van der Waals surface area (Å²) in [4.78, 5) is 34.1. The summed E-state index contributed by atoms with van der Waals surface area (Å²) < 4.78 is 4.39. The number of carbonyl (C=O) groups excluding carboxylic acids is 3. The molecule has 1 fully saturated rings. The van der Waals surface area contributed by atoms with Gasteiger partial charge in [-0.2, -0.15) is 0 Å². The summed E-state index contributed by atoms with van der Waals surface area (Å²) in [7, 11) is 1.16. The molecule has 2 atom stereocenters. The number of rotatable bonds is 2. The summed E-state index contributed by atoms with van der Waals surface area (Å²) >= 11 is 0. The van der Waals surface area contributed by atoms with Crippen molar-refractivity contribution in [2.45, 2.75) is 25.8 Å². The summed E-state index contributed by atoms with van der Waals surface area (Å²) in [6.07, 6.45) is 0.463. The Morgan fingerprint density at radius 1 is 1.57 bits per heavy atom. The molecular formula is C9H13NO4. The van der Waals surface area contributed by atoms with Crippen molar-refractivity contribution in [1.82, 2.24) is 5.32 Å². The molecule has 1 amide bonds. The smallest absolute Gasteiger partial charge is 0.326 e. The number of nitrogens with one attached hydrogen (secondary N) is 1. The van der Waals surface area contributed by atoms with Crippen LogP contribution in [-0.4, -0.2) is 30.3 Å². The van der Waals surface area contributed by atoms with Crippen molar-refractivity contribution in [1.29, 1.82) is 0 Å². The van der Waals surface area contributed by atoms with E-state index in [4.69, 9.17) is 0 Å². The molecule has 0 aromatic carbocycles. The highest BCUT2D eigenvalue weighted by Crippen LogP contribution is 2.24. The summed E-state index contributed by atoms with van der Waals surface area (Å²) in [5.74, 6) is -3.04. The Labute approximate surface area is 81.8 Å². The lowest BCUT2D eigenvalue weighted by Crippen LogP contribution is -2.42. The number of methoxy groups -OCH3 is 1. The first-order valence-corrected chi connectivity index (χ1v) is 4.40. The van der Waals surface area contributed by atoms with Crippen molar-refractivity contribution in [3.05, 3.63) is 0 Å². The highest BCUT2D eigenvalue weighted by molar-refractivity contribution is 6.24. The SMILES string of the molecule is CCC1(C)NC(=O)C(C(=O)OC)C1=O. The van der Waals surface area contributed by atoms with E-state index in [2.05, 4.69) is 10.1 Å². The molecule has 0 saturated carbocycles. The molecule has 14 heavy (non-hydrogen) atoms. The van der Waals surface area contributed by atoms with Gasteiger partial charge < -0.3 is 10.1 Å². The van der Waals surface area contributed by atoms with E-state index >= 15 is 0 Å². The van der Waals surface area contributed by atoms with Crippen molar-refractivity contribution >= 4 is 17.7 Å². The molecule has 0 radical (unpaired) electrons. The first kappa shape index (κ1) is 10.7. The van der Waals surface area contributed by atoms with Crippen molar-refractivity contribution in [2.24, 2.45) is 5.92 Å². The number of Topliss-reactive ketones (excluding diaryl/α,β-unsaturated/α-hetero) is 1. The molecule has 0 bridgehead atoms. The lowest BCUT2D eigenvalue weighted by Gasteiger charge is -2.19. The Morgan fingerprint density at radius 3 is 2.50 bits per heavy atom. The maximum Gasteiger partial charge on any atom is 0.326 e. The largest absolute Gasteiger partial charge is 0.468 e. The quantitative estimate of drug-likeness (QED) is 0.487. The van der Waals surface area contributed by atoms with Crippen LogP contribution in [0.5, 0.6) is 0 Å². The number of carbonyl (C=O) groups is 3. The fourth-order valence-corrected chi connectivity index (χ4v) is 1.44. The van der Waals surface area contributed by atoms with Gasteiger partial charge in [-0.25, -0.2) is 0 Å². The van der Waals surface area contributed by atoms with E-state index in [1.54, 1.807) is 13.8 Å². The summed E-state index contributed by atoms with van der Waals surface area (Å²) in [6, 6.07) is 0. The normalized spacial score (nSPS) is 31.5. The molecule has 1 rings (SSSR count). The molecule has 1 aliphatic heterocycles. The Bertz CT molecular complexity index is 299. The van der Waals surface area contributed by atoms with Crippen LogP contribution in [0.1, 0.15) is 20.3 Å². The van der Waals surface area contributed by atoms with Crippen LogP contribution in [0.4, 0.5) is 0 Å². The molecule has 1 N–H and O–H groups in total. The monoisotopic (exact) mass is 199 g/mol. The third-order valence-corrected chi connectivity index (χ3v) is 2.61. The zero-order valence-corrected chi connectivity index (χ0v) is 8.42. The fraction of sp³-hybridized carbons (Fsp3) is 0.667. The molecule has 1 heterocycles. The predicted octanol–water partition coefficient (Wildman–Crippen LogP) is -0.357. The van der Waals surface area contributed by atoms with E-state index in [9.17, 15) is 14.4 Å². The van der Waals surface area contributed by atoms with Gasteiger partial charge in [0, 0.05) is 0 Å². The molecule has 0 aromatic heterocycles. The van der Waals surface area contributed by atoms with Gasteiger partial charge in [0.15, 0.2) is 11.7 Å². The molecule has 0 spiro atoms. The van der Waals surface area contributed by atoms with E-state index in [1.165, 1.54) is 0 Å².